The zero-order chi connectivity index (χ0) is 13.0. The molecule has 4 heteroatoms. The summed E-state index contributed by atoms with van der Waals surface area (Å²) >= 11 is 6.28. The Kier molecular flexibility index (Phi) is 4.39. The lowest BCUT2D eigenvalue weighted by atomic mass is 10.2. The van der Waals surface area contributed by atoms with Gasteiger partial charge in [-0.05, 0) is 43.7 Å². The molecule has 0 atom stereocenters. The summed E-state index contributed by atoms with van der Waals surface area (Å²) in [5, 5.41) is 8.50. The largest absolute Gasteiger partial charge is 0.313 e. The van der Waals surface area contributed by atoms with E-state index >= 15 is 0 Å². The summed E-state index contributed by atoms with van der Waals surface area (Å²) in [6.07, 6.45) is 3.07. The van der Waals surface area contributed by atoms with E-state index in [1.54, 1.807) is 0 Å². The van der Waals surface area contributed by atoms with E-state index in [1.165, 1.54) is 0 Å². The maximum absolute atomic E-state index is 6.28. The van der Waals surface area contributed by atoms with Gasteiger partial charge in [-0.1, -0.05) is 24.6 Å². The average molecular weight is 264 g/mol. The molecule has 0 saturated carbocycles. The Labute approximate surface area is 113 Å². The fourth-order valence-corrected chi connectivity index (χ4v) is 2.02. The number of nitrogens with one attached hydrogen (secondary N) is 1. The first-order valence-corrected chi connectivity index (χ1v) is 6.60. The highest BCUT2D eigenvalue weighted by atomic mass is 35.5. The number of nitrogens with zero attached hydrogens (tertiary/aromatic N) is 2. The van der Waals surface area contributed by atoms with E-state index in [1.807, 2.05) is 36.0 Å². The van der Waals surface area contributed by atoms with Crippen LogP contribution in [0, 0.1) is 6.92 Å². The van der Waals surface area contributed by atoms with Gasteiger partial charge in [-0.15, -0.1) is 0 Å². The van der Waals surface area contributed by atoms with Crippen LogP contribution in [0.3, 0.4) is 0 Å². The second kappa shape index (κ2) is 6.03. The number of hydrogen-bond acceptors (Lipinski definition) is 2. The van der Waals surface area contributed by atoms with Gasteiger partial charge in [0.1, 0.15) is 0 Å². The van der Waals surface area contributed by atoms with Gasteiger partial charge < -0.3 is 5.32 Å². The van der Waals surface area contributed by atoms with Gasteiger partial charge in [0.25, 0.3) is 0 Å². The maximum Gasteiger partial charge on any atom is 0.0660 e. The Bertz CT molecular complexity index is 520. The van der Waals surface area contributed by atoms with Crippen molar-refractivity contribution in [2.45, 2.75) is 26.8 Å². The van der Waals surface area contributed by atoms with Gasteiger partial charge >= 0.3 is 0 Å². The average Bonchev–Trinajstić information content (AvgIpc) is 2.78. The first-order valence-electron chi connectivity index (χ1n) is 6.22. The Balaban J connectivity index is 2.14. The van der Waals surface area contributed by atoms with Crippen LogP contribution < -0.4 is 5.32 Å². The maximum atomic E-state index is 6.28. The Morgan fingerprint density at radius 3 is 2.78 bits per heavy atom. The van der Waals surface area contributed by atoms with E-state index in [0.29, 0.717) is 0 Å². The highest BCUT2D eigenvalue weighted by Gasteiger charge is 2.04. The van der Waals surface area contributed by atoms with Crippen molar-refractivity contribution in [2.75, 3.05) is 6.54 Å². The Morgan fingerprint density at radius 2 is 2.17 bits per heavy atom. The summed E-state index contributed by atoms with van der Waals surface area (Å²) in [5.41, 5.74) is 3.12. The van der Waals surface area contributed by atoms with Crippen molar-refractivity contribution < 1.29 is 0 Å². The number of benzene rings is 1. The first-order chi connectivity index (χ1) is 8.70. The third-order valence-corrected chi connectivity index (χ3v) is 3.12. The third-order valence-electron chi connectivity index (χ3n) is 2.77. The molecule has 0 unspecified atom stereocenters. The third kappa shape index (κ3) is 3.12. The van der Waals surface area contributed by atoms with Gasteiger partial charge in [0.05, 0.1) is 11.4 Å². The number of rotatable bonds is 5. The number of halogens is 1. The van der Waals surface area contributed by atoms with E-state index in [0.717, 1.165) is 41.5 Å². The van der Waals surface area contributed by atoms with Crippen LogP contribution in [0.15, 0.2) is 30.5 Å². The summed E-state index contributed by atoms with van der Waals surface area (Å²) in [7, 11) is 0. The van der Waals surface area contributed by atoms with Crippen molar-refractivity contribution in [1.82, 2.24) is 15.1 Å². The van der Waals surface area contributed by atoms with E-state index in [9.17, 15) is 0 Å². The van der Waals surface area contributed by atoms with Crippen LogP contribution in [0.1, 0.15) is 24.6 Å². The van der Waals surface area contributed by atoms with Gasteiger partial charge in [-0.25, -0.2) is 4.68 Å². The molecule has 0 spiro atoms. The lowest BCUT2D eigenvalue weighted by Gasteiger charge is -2.08. The quantitative estimate of drug-likeness (QED) is 0.839. The fourth-order valence-electron chi connectivity index (χ4n) is 1.78. The molecule has 0 bridgehead atoms. The van der Waals surface area contributed by atoms with Crippen molar-refractivity contribution in [3.05, 3.63) is 46.7 Å². The molecule has 0 fully saturated rings. The second-order valence-electron chi connectivity index (χ2n) is 4.35. The standard InChI is InChI=1S/C14H18ClN3/c1-3-7-16-10-12-4-5-13(9-14(12)15)18-8-6-11(2)17-18/h4-6,8-9,16H,3,7,10H2,1-2H3. The first kappa shape index (κ1) is 13.1. The molecule has 2 rings (SSSR count). The molecule has 0 aliphatic rings. The molecule has 2 aromatic rings. The van der Waals surface area contributed by atoms with Crippen LogP contribution in [0.4, 0.5) is 0 Å². The van der Waals surface area contributed by atoms with E-state index in [4.69, 9.17) is 11.6 Å². The topological polar surface area (TPSA) is 29.9 Å². The van der Waals surface area contributed by atoms with Crippen molar-refractivity contribution in [1.29, 1.82) is 0 Å². The second-order valence-corrected chi connectivity index (χ2v) is 4.76. The molecule has 0 radical (unpaired) electrons. The predicted molar refractivity (Wildman–Crippen MR) is 75.3 cm³/mol. The molecule has 0 aliphatic carbocycles. The Hall–Kier alpha value is -1.32. The molecule has 18 heavy (non-hydrogen) atoms. The molecule has 0 aliphatic heterocycles. The minimum atomic E-state index is 0.782. The molecule has 3 nitrogen and oxygen atoms in total. The van der Waals surface area contributed by atoms with Crippen LogP contribution >= 0.6 is 11.6 Å². The SMILES string of the molecule is CCCNCc1ccc(-n2ccc(C)n2)cc1Cl. The van der Waals surface area contributed by atoms with E-state index < -0.39 is 0 Å². The molecule has 96 valence electrons. The normalized spacial score (nSPS) is 10.8. The molecule has 1 aromatic carbocycles. The highest BCUT2D eigenvalue weighted by molar-refractivity contribution is 6.31. The van der Waals surface area contributed by atoms with E-state index in [2.05, 4.69) is 23.4 Å². The van der Waals surface area contributed by atoms with Crippen LogP contribution in [0.25, 0.3) is 5.69 Å². The zero-order valence-corrected chi connectivity index (χ0v) is 11.5. The van der Waals surface area contributed by atoms with Crippen molar-refractivity contribution >= 4 is 11.6 Å². The van der Waals surface area contributed by atoms with Gasteiger partial charge in [0, 0.05) is 17.8 Å². The van der Waals surface area contributed by atoms with Gasteiger partial charge in [-0.3, -0.25) is 0 Å². The Morgan fingerprint density at radius 1 is 1.33 bits per heavy atom. The minimum Gasteiger partial charge on any atom is -0.313 e. The highest BCUT2D eigenvalue weighted by Crippen LogP contribution is 2.20. The number of hydrogen-bond donors (Lipinski definition) is 1. The van der Waals surface area contributed by atoms with Crippen LogP contribution in [-0.2, 0) is 6.54 Å². The van der Waals surface area contributed by atoms with Crippen molar-refractivity contribution in [3.8, 4) is 5.69 Å². The minimum absolute atomic E-state index is 0.782. The van der Waals surface area contributed by atoms with Crippen LogP contribution in [-0.4, -0.2) is 16.3 Å². The summed E-state index contributed by atoms with van der Waals surface area (Å²) in [4.78, 5) is 0. The molecule has 1 heterocycles. The van der Waals surface area contributed by atoms with E-state index in [-0.39, 0.29) is 0 Å². The number of aryl methyl sites for hydroxylation is 1. The predicted octanol–water partition coefficient (Wildman–Crippen LogP) is 3.33. The smallest absolute Gasteiger partial charge is 0.0660 e. The van der Waals surface area contributed by atoms with Crippen molar-refractivity contribution in [3.63, 3.8) is 0 Å². The molecule has 0 saturated heterocycles. The summed E-state index contributed by atoms with van der Waals surface area (Å²) in [6.45, 7) is 5.94. The van der Waals surface area contributed by atoms with Gasteiger partial charge in [0.2, 0.25) is 0 Å². The fraction of sp³-hybridized carbons (Fsp3) is 0.357. The molecular formula is C14H18ClN3. The lowest BCUT2D eigenvalue weighted by Crippen LogP contribution is -2.14. The van der Waals surface area contributed by atoms with Gasteiger partial charge in [0.15, 0.2) is 0 Å². The van der Waals surface area contributed by atoms with Gasteiger partial charge in [-0.2, -0.15) is 5.10 Å². The van der Waals surface area contributed by atoms with Crippen LogP contribution in [0.5, 0.6) is 0 Å². The summed E-state index contributed by atoms with van der Waals surface area (Å²) in [6, 6.07) is 8.03. The lowest BCUT2D eigenvalue weighted by molar-refractivity contribution is 0.675. The summed E-state index contributed by atoms with van der Waals surface area (Å²) < 4.78 is 1.84. The zero-order valence-electron chi connectivity index (χ0n) is 10.8. The monoisotopic (exact) mass is 263 g/mol. The van der Waals surface area contributed by atoms with Crippen LogP contribution in [0.2, 0.25) is 5.02 Å². The molecule has 1 aromatic heterocycles. The molecular weight excluding hydrogens is 246 g/mol. The number of aromatic nitrogens is 2. The summed E-state index contributed by atoms with van der Waals surface area (Å²) in [5.74, 6) is 0. The van der Waals surface area contributed by atoms with Crippen molar-refractivity contribution in [2.24, 2.45) is 0 Å². The molecule has 0 amide bonds. The molecule has 1 N–H and O–H groups in total.